The number of fused-ring (bicyclic) bond motifs is 1. The molecule has 1 fully saturated rings. The van der Waals surface area contributed by atoms with Crippen LogP contribution in [0.4, 0.5) is 20.3 Å². The first-order valence-electron chi connectivity index (χ1n) is 10.7. The van der Waals surface area contributed by atoms with Crippen LogP contribution in [0.3, 0.4) is 0 Å². The molecular formula is C24H23F2N5O2. The molecule has 2 aliphatic rings. The molecule has 170 valence electrons. The number of aromatic nitrogens is 2. The molecule has 2 aliphatic heterocycles. The molecule has 0 atom stereocenters. The topological polar surface area (TPSA) is 62.6 Å². The first-order valence-corrected chi connectivity index (χ1v) is 10.7. The summed E-state index contributed by atoms with van der Waals surface area (Å²) in [4.78, 5) is 21.4. The molecule has 0 saturated carbocycles. The molecule has 3 aromatic rings. The lowest BCUT2D eigenvalue weighted by atomic mass is 10.1. The van der Waals surface area contributed by atoms with E-state index in [1.54, 1.807) is 41.6 Å². The molecule has 33 heavy (non-hydrogen) atoms. The fourth-order valence-corrected chi connectivity index (χ4v) is 3.91. The summed E-state index contributed by atoms with van der Waals surface area (Å²) in [5.74, 6) is 0.634. The van der Waals surface area contributed by atoms with E-state index in [0.29, 0.717) is 49.3 Å². The van der Waals surface area contributed by atoms with E-state index < -0.39 is 0 Å². The van der Waals surface area contributed by atoms with Crippen LogP contribution in [0.1, 0.15) is 5.82 Å². The highest BCUT2D eigenvalue weighted by Gasteiger charge is 2.25. The Kier molecular flexibility index (Phi) is 5.89. The number of ether oxygens (including phenoxy) is 1. The number of rotatable bonds is 5. The molecule has 0 spiro atoms. The SMILES string of the molecule is O=C(CN1CCOCC1)N1C=Cn2c(nc(-c3ccc(F)cc3)c2Nc2ccc(F)cc2)C1. The highest BCUT2D eigenvalue weighted by atomic mass is 19.1. The average Bonchev–Trinajstić information content (AvgIpc) is 3.19. The molecule has 1 saturated heterocycles. The second kappa shape index (κ2) is 9.13. The van der Waals surface area contributed by atoms with Gasteiger partial charge in [0.1, 0.15) is 29.0 Å². The Morgan fingerprint density at radius 2 is 1.64 bits per heavy atom. The van der Waals surface area contributed by atoms with E-state index >= 15 is 0 Å². The molecule has 1 aromatic heterocycles. The van der Waals surface area contributed by atoms with Gasteiger partial charge < -0.3 is 15.0 Å². The van der Waals surface area contributed by atoms with Gasteiger partial charge in [-0.1, -0.05) is 0 Å². The number of morpholine rings is 1. The van der Waals surface area contributed by atoms with Crippen LogP contribution < -0.4 is 5.32 Å². The van der Waals surface area contributed by atoms with Crippen molar-refractivity contribution in [2.24, 2.45) is 0 Å². The van der Waals surface area contributed by atoms with E-state index in [2.05, 4.69) is 10.2 Å². The minimum Gasteiger partial charge on any atom is -0.379 e. The highest BCUT2D eigenvalue weighted by molar-refractivity contribution is 5.82. The molecule has 7 nitrogen and oxygen atoms in total. The van der Waals surface area contributed by atoms with Crippen LogP contribution in [0.25, 0.3) is 17.5 Å². The van der Waals surface area contributed by atoms with Crippen molar-refractivity contribution in [1.29, 1.82) is 0 Å². The van der Waals surface area contributed by atoms with Gasteiger partial charge in [0.15, 0.2) is 0 Å². The van der Waals surface area contributed by atoms with Crippen molar-refractivity contribution in [3.63, 3.8) is 0 Å². The van der Waals surface area contributed by atoms with Gasteiger partial charge in [0.05, 0.1) is 26.3 Å². The lowest BCUT2D eigenvalue weighted by Crippen LogP contribution is -2.43. The maximum atomic E-state index is 13.5. The zero-order valence-corrected chi connectivity index (χ0v) is 17.9. The Labute approximate surface area is 189 Å². The number of imidazole rings is 1. The van der Waals surface area contributed by atoms with Crippen molar-refractivity contribution in [1.82, 2.24) is 19.4 Å². The van der Waals surface area contributed by atoms with Gasteiger partial charge in [0, 0.05) is 36.7 Å². The Balaban J connectivity index is 1.44. The van der Waals surface area contributed by atoms with Crippen molar-refractivity contribution < 1.29 is 18.3 Å². The maximum absolute atomic E-state index is 13.5. The monoisotopic (exact) mass is 451 g/mol. The molecular weight excluding hydrogens is 428 g/mol. The van der Waals surface area contributed by atoms with Crippen molar-refractivity contribution in [2.45, 2.75) is 6.54 Å². The number of anilines is 2. The predicted octanol–water partition coefficient (Wildman–Crippen LogP) is 3.67. The molecule has 0 radical (unpaired) electrons. The summed E-state index contributed by atoms with van der Waals surface area (Å²) < 4.78 is 34.1. The lowest BCUT2D eigenvalue weighted by molar-refractivity contribution is -0.131. The summed E-state index contributed by atoms with van der Waals surface area (Å²) in [5.41, 5.74) is 2.02. The Hall–Kier alpha value is -3.56. The normalized spacial score (nSPS) is 16.0. The van der Waals surface area contributed by atoms with Crippen LogP contribution >= 0.6 is 0 Å². The van der Waals surface area contributed by atoms with E-state index in [1.807, 2.05) is 4.57 Å². The Morgan fingerprint density at radius 1 is 0.970 bits per heavy atom. The van der Waals surface area contributed by atoms with Crippen LogP contribution in [0, 0.1) is 11.6 Å². The fraction of sp³-hybridized carbons (Fsp3) is 0.250. The van der Waals surface area contributed by atoms with Crippen molar-refractivity contribution in [3.05, 3.63) is 72.2 Å². The summed E-state index contributed by atoms with van der Waals surface area (Å²) in [7, 11) is 0. The van der Waals surface area contributed by atoms with Gasteiger partial charge >= 0.3 is 0 Å². The maximum Gasteiger partial charge on any atom is 0.241 e. The van der Waals surface area contributed by atoms with E-state index in [1.165, 1.54) is 24.3 Å². The number of halogens is 2. The smallest absolute Gasteiger partial charge is 0.241 e. The fourth-order valence-electron chi connectivity index (χ4n) is 3.91. The number of carbonyl (C=O) groups is 1. The molecule has 1 amide bonds. The molecule has 0 unspecified atom stereocenters. The van der Waals surface area contributed by atoms with Gasteiger partial charge in [-0.2, -0.15) is 0 Å². The second-order valence-electron chi connectivity index (χ2n) is 7.94. The molecule has 5 rings (SSSR count). The Bertz CT molecular complexity index is 1170. The summed E-state index contributed by atoms with van der Waals surface area (Å²) in [5, 5.41) is 3.29. The molecule has 9 heteroatoms. The van der Waals surface area contributed by atoms with Gasteiger partial charge in [-0.25, -0.2) is 13.8 Å². The van der Waals surface area contributed by atoms with E-state index in [9.17, 15) is 13.6 Å². The standard InChI is InChI=1S/C24H23F2N5O2/c25-18-3-1-17(2-4-18)23-24(27-20-7-5-19(26)6-8-20)31-10-9-30(15-21(31)28-23)22(32)16-29-11-13-33-14-12-29/h1-10,27H,11-16H2. The summed E-state index contributed by atoms with van der Waals surface area (Å²) in [6.45, 7) is 3.36. The number of amides is 1. The van der Waals surface area contributed by atoms with Crippen LogP contribution in [0.5, 0.6) is 0 Å². The third kappa shape index (κ3) is 4.64. The Morgan fingerprint density at radius 3 is 2.33 bits per heavy atom. The van der Waals surface area contributed by atoms with Crippen molar-refractivity contribution >= 4 is 23.6 Å². The highest BCUT2D eigenvalue weighted by Crippen LogP contribution is 2.33. The van der Waals surface area contributed by atoms with Crippen molar-refractivity contribution in [2.75, 3.05) is 38.2 Å². The number of carbonyl (C=O) groups excluding carboxylic acids is 1. The lowest BCUT2D eigenvalue weighted by Gasteiger charge is -2.29. The van der Waals surface area contributed by atoms with Crippen molar-refractivity contribution in [3.8, 4) is 11.3 Å². The number of nitrogens with zero attached hydrogens (tertiary/aromatic N) is 4. The molecule has 3 heterocycles. The number of hydrogen-bond acceptors (Lipinski definition) is 5. The van der Waals surface area contributed by atoms with Gasteiger partial charge in [0.25, 0.3) is 0 Å². The molecule has 2 aromatic carbocycles. The molecule has 1 N–H and O–H groups in total. The number of nitrogens with one attached hydrogen (secondary N) is 1. The summed E-state index contributed by atoms with van der Waals surface area (Å²) in [6, 6.07) is 12.1. The third-order valence-electron chi connectivity index (χ3n) is 5.70. The van der Waals surface area contributed by atoms with E-state index in [4.69, 9.17) is 9.72 Å². The zero-order valence-electron chi connectivity index (χ0n) is 17.9. The second-order valence-corrected chi connectivity index (χ2v) is 7.94. The van der Waals surface area contributed by atoms with Gasteiger partial charge in [-0.3, -0.25) is 14.3 Å². The van der Waals surface area contributed by atoms with E-state index in [-0.39, 0.29) is 17.5 Å². The minimum atomic E-state index is -0.337. The average molecular weight is 451 g/mol. The van der Waals surface area contributed by atoms with Gasteiger partial charge in [0.2, 0.25) is 5.91 Å². The van der Waals surface area contributed by atoms with Crippen LogP contribution in [0.2, 0.25) is 0 Å². The van der Waals surface area contributed by atoms with Crippen LogP contribution in [-0.4, -0.2) is 58.1 Å². The first kappa shape index (κ1) is 21.3. The zero-order chi connectivity index (χ0) is 22.8. The summed E-state index contributed by atoms with van der Waals surface area (Å²) in [6.07, 6.45) is 3.52. The molecule has 0 aliphatic carbocycles. The minimum absolute atomic E-state index is 0.0150. The number of hydrogen-bond donors (Lipinski definition) is 1. The van der Waals surface area contributed by atoms with Gasteiger partial charge in [-0.05, 0) is 48.5 Å². The predicted molar refractivity (Wildman–Crippen MR) is 120 cm³/mol. The van der Waals surface area contributed by atoms with Crippen LogP contribution in [0.15, 0.2) is 54.7 Å². The van der Waals surface area contributed by atoms with E-state index in [0.717, 1.165) is 18.7 Å². The van der Waals surface area contributed by atoms with Gasteiger partial charge in [-0.15, -0.1) is 0 Å². The first-order chi connectivity index (χ1) is 16.1. The quantitative estimate of drug-likeness (QED) is 0.641. The largest absolute Gasteiger partial charge is 0.379 e. The number of benzene rings is 2. The van der Waals surface area contributed by atoms with Crippen LogP contribution in [-0.2, 0) is 16.1 Å². The summed E-state index contributed by atoms with van der Waals surface area (Å²) >= 11 is 0. The molecule has 0 bridgehead atoms. The third-order valence-corrected chi connectivity index (χ3v) is 5.70.